The van der Waals surface area contributed by atoms with Crippen molar-refractivity contribution in [1.82, 2.24) is 4.98 Å². The molecule has 2 rings (SSSR count). The van der Waals surface area contributed by atoms with E-state index >= 15 is 0 Å². The predicted molar refractivity (Wildman–Crippen MR) is 71.9 cm³/mol. The molecule has 1 saturated carbocycles. The molecule has 1 aliphatic carbocycles. The van der Waals surface area contributed by atoms with Crippen LogP contribution < -0.4 is 10.6 Å². The van der Waals surface area contributed by atoms with E-state index in [0.717, 1.165) is 18.7 Å². The van der Waals surface area contributed by atoms with Crippen molar-refractivity contribution < 1.29 is 5.11 Å². The zero-order chi connectivity index (χ0) is 13.0. The maximum absolute atomic E-state index is 9.20. The molecular weight excluding hydrogens is 228 g/mol. The van der Waals surface area contributed by atoms with E-state index in [1.165, 1.54) is 12.8 Å². The first kappa shape index (κ1) is 12.8. The first-order valence-electron chi connectivity index (χ1n) is 6.41. The molecule has 1 heterocycles. The number of aromatic nitrogens is 1. The standard InChI is InChI=1S/C13H20N4O/c14-13(15)11-6-3-7-12(16-11)17(8-9-18)10-4-1-2-5-10/h3,6-7,10,18H,1-2,4-5,8-9H2,(H3,14,15). The molecule has 0 bridgehead atoms. The van der Waals surface area contributed by atoms with Gasteiger partial charge in [-0.05, 0) is 25.0 Å². The lowest BCUT2D eigenvalue weighted by Gasteiger charge is -2.29. The summed E-state index contributed by atoms with van der Waals surface area (Å²) in [4.78, 5) is 6.54. The largest absolute Gasteiger partial charge is 0.395 e. The van der Waals surface area contributed by atoms with Crippen LogP contribution in [-0.2, 0) is 0 Å². The molecule has 4 N–H and O–H groups in total. The van der Waals surface area contributed by atoms with Gasteiger partial charge in [0.2, 0.25) is 0 Å². The summed E-state index contributed by atoms with van der Waals surface area (Å²) in [6.45, 7) is 0.696. The first-order valence-corrected chi connectivity index (χ1v) is 6.41. The molecule has 0 aliphatic heterocycles. The third-order valence-electron chi connectivity index (χ3n) is 3.41. The van der Waals surface area contributed by atoms with Crippen LogP contribution in [0.1, 0.15) is 31.4 Å². The SMILES string of the molecule is N=C(N)c1cccc(N(CCO)C2CCCC2)n1. The molecule has 1 aromatic heterocycles. The van der Waals surface area contributed by atoms with Crippen LogP contribution in [0.4, 0.5) is 5.82 Å². The van der Waals surface area contributed by atoms with Gasteiger partial charge in [-0.1, -0.05) is 18.9 Å². The number of aliphatic hydroxyl groups excluding tert-OH is 1. The highest BCUT2D eigenvalue weighted by Crippen LogP contribution is 2.26. The van der Waals surface area contributed by atoms with Crippen LogP contribution >= 0.6 is 0 Å². The minimum absolute atomic E-state index is 0.0211. The van der Waals surface area contributed by atoms with Crippen molar-refractivity contribution >= 4 is 11.7 Å². The van der Waals surface area contributed by atoms with Gasteiger partial charge < -0.3 is 15.7 Å². The second kappa shape index (κ2) is 5.82. The van der Waals surface area contributed by atoms with E-state index in [9.17, 15) is 5.11 Å². The van der Waals surface area contributed by atoms with E-state index in [1.54, 1.807) is 6.07 Å². The fourth-order valence-electron chi connectivity index (χ4n) is 2.54. The van der Waals surface area contributed by atoms with Crippen molar-refractivity contribution in [2.75, 3.05) is 18.1 Å². The lowest BCUT2D eigenvalue weighted by Crippen LogP contribution is -2.36. The Morgan fingerprint density at radius 2 is 2.17 bits per heavy atom. The number of nitrogen functional groups attached to an aromatic ring is 1. The molecule has 0 amide bonds. The van der Waals surface area contributed by atoms with Crippen molar-refractivity contribution in [3.8, 4) is 0 Å². The van der Waals surface area contributed by atoms with Crippen LogP contribution in [0.2, 0.25) is 0 Å². The topological polar surface area (TPSA) is 86.2 Å². The summed E-state index contributed by atoms with van der Waals surface area (Å²) in [5.74, 6) is 0.788. The smallest absolute Gasteiger partial charge is 0.141 e. The summed E-state index contributed by atoms with van der Waals surface area (Å²) in [6.07, 6.45) is 4.76. The van der Waals surface area contributed by atoms with Gasteiger partial charge in [-0.3, -0.25) is 5.41 Å². The predicted octanol–water partition coefficient (Wildman–Crippen LogP) is 1.11. The molecule has 5 heteroatoms. The Morgan fingerprint density at radius 3 is 2.78 bits per heavy atom. The quantitative estimate of drug-likeness (QED) is 0.538. The molecule has 0 aromatic carbocycles. The number of nitrogens with zero attached hydrogens (tertiary/aromatic N) is 2. The Morgan fingerprint density at radius 1 is 1.44 bits per heavy atom. The van der Waals surface area contributed by atoms with E-state index in [1.807, 2.05) is 12.1 Å². The van der Waals surface area contributed by atoms with Crippen molar-refractivity contribution in [3.63, 3.8) is 0 Å². The van der Waals surface area contributed by atoms with Gasteiger partial charge in [-0.25, -0.2) is 4.98 Å². The Labute approximate surface area is 107 Å². The zero-order valence-electron chi connectivity index (χ0n) is 10.5. The molecule has 0 atom stereocenters. The number of nitrogens with one attached hydrogen (secondary N) is 1. The molecule has 5 nitrogen and oxygen atoms in total. The van der Waals surface area contributed by atoms with Gasteiger partial charge in [0, 0.05) is 12.6 Å². The van der Waals surface area contributed by atoms with Crippen LogP contribution in [0.3, 0.4) is 0 Å². The third kappa shape index (κ3) is 2.79. The number of hydrogen-bond acceptors (Lipinski definition) is 4. The van der Waals surface area contributed by atoms with E-state index in [4.69, 9.17) is 11.1 Å². The van der Waals surface area contributed by atoms with Gasteiger partial charge in [0.1, 0.15) is 17.3 Å². The van der Waals surface area contributed by atoms with Crippen molar-refractivity contribution in [1.29, 1.82) is 5.41 Å². The maximum atomic E-state index is 9.20. The van der Waals surface area contributed by atoms with Crippen molar-refractivity contribution in [2.24, 2.45) is 5.73 Å². The Kier molecular flexibility index (Phi) is 4.15. The molecule has 0 unspecified atom stereocenters. The third-order valence-corrected chi connectivity index (χ3v) is 3.41. The zero-order valence-corrected chi connectivity index (χ0v) is 10.5. The van der Waals surface area contributed by atoms with Gasteiger partial charge >= 0.3 is 0 Å². The molecule has 1 aliphatic rings. The number of aliphatic hydroxyl groups is 1. The average molecular weight is 248 g/mol. The van der Waals surface area contributed by atoms with E-state index in [0.29, 0.717) is 18.3 Å². The number of nitrogens with two attached hydrogens (primary N) is 1. The minimum Gasteiger partial charge on any atom is -0.395 e. The number of hydrogen-bond donors (Lipinski definition) is 3. The van der Waals surface area contributed by atoms with Crippen molar-refractivity contribution in [3.05, 3.63) is 23.9 Å². The molecule has 18 heavy (non-hydrogen) atoms. The van der Waals surface area contributed by atoms with Crippen LogP contribution in [0.15, 0.2) is 18.2 Å². The monoisotopic (exact) mass is 248 g/mol. The normalized spacial score (nSPS) is 15.8. The van der Waals surface area contributed by atoms with Gasteiger partial charge in [0.25, 0.3) is 0 Å². The Balaban J connectivity index is 2.23. The molecule has 0 radical (unpaired) electrons. The van der Waals surface area contributed by atoms with E-state index in [2.05, 4.69) is 9.88 Å². The average Bonchev–Trinajstić information content (AvgIpc) is 2.89. The summed E-state index contributed by atoms with van der Waals surface area (Å²) in [5, 5.41) is 16.6. The van der Waals surface area contributed by atoms with Gasteiger partial charge in [-0.15, -0.1) is 0 Å². The Bertz CT molecular complexity index is 415. The molecule has 1 fully saturated rings. The lowest BCUT2D eigenvalue weighted by molar-refractivity contribution is 0.297. The first-order chi connectivity index (χ1) is 8.72. The lowest BCUT2D eigenvalue weighted by atomic mass is 10.2. The fourth-order valence-corrected chi connectivity index (χ4v) is 2.54. The summed E-state index contributed by atoms with van der Waals surface area (Å²) in [7, 11) is 0. The number of amidine groups is 1. The second-order valence-electron chi connectivity index (χ2n) is 4.65. The molecular formula is C13H20N4O. The van der Waals surface area contributed by atoms with Crippen LogP contribution in [0, 0.1) is 5.41 Å². The highest BCUT2D eigenvalue weighted by Gasteiger charge is 2.23. The maximum Gasteiger partial charge on any atom is 0.141 e. The van der Waals surface area contributed by atoms with Crippen LogP contribution in [0.25, 0.3) is 0 Å². The van der Waals surface area contributed by atoms with E-state index < -0.39 is 0 Å². The Hall–Kier alpha value is -1.62. The highest BCUT2D eigenvalue weighted by atomic mass is 16.3. The molecule has 1 aromatic rings. The minimum atomic E-state index is -0.0211. The summed E-state index contributed by atoms with van der Waals surface area (Å²) in [6, 6.07) is 5.96. The number of rotatable bonds is 5. The molecule has 98 valence electrons. The second-order valence-corrected chi connectivity index (χ2v) is 4.65. The molecule has 0 saturated heterocycles. The van der Waals surface area contributed by atoms with Gasteiger partial charge in [-0.2, -0.15) is 0 Å². The van der Waals surface area contributed by atoms with Crippen LogP contribution in [-0.4, -0.2) is 35.1 Å². The van der Waals surface area contributed by atoms with Crippen molar-refractivity contribution in [2.45, 2.75) is 31.7 Å². The summed E-state index contributed by atoms with van der Waals surface area (Å²) >= 11 is 0. The summed E-state index contributed by atoms with van der Waals surface area (Å²) in [5.41, 5.74) is 5.96. The van der Waals surface area contributed by atoms with Crippen LogP contribution in [0.5, 0.6) is 0 Å². The highest BCUT2D eigenvalue weighted by molar-refractivity contribution is 5.93. The number of anilines is 1. The van der Waals surface area contributed by atoms with Gasteiger partial charge in [0.05, 0.1) is 6.61 Å². The number of pyridine rings is 1. The fraction of sp³-hybridized carbons (Fsp3) is 0.538. The molecule has 0 spiro atoms. The van der Waals surface area contributed by atoms with Gasteiger partial charge in [0.15, 0.2) is 0 Å². The van der Waals surface area contributed by atoms with E-state index in [-0.39, 0.29) is 12.4 Å². The summed E-state index contributed by atoms with van der Waals surface area (Å²) < 4.78 is 0.